The van der Waals surface area contributed by atoms with Gasteiger partial charge in [0.2, 0.25) is 0 Å². The summed E-state index contributed by atoms with van der Waals surface area (Å²) in [5.74, 6) is 0. The Bertz CT molecular complexity index is 1210. The molecule has 26 heavy (non-hydrogen) atoms. The van der Waals surface area contributed by atoms with Crippen LogP contribution in [0.4, 0.5) is 0 Å². The Morgan fingerprint density at radius 3 is 2.50 bits per heavy atom. The molecule has 0 N–H and O–H groups in total. The second-order valence-electron chi connectivity index (χ2n) is 6.13. The molecule has 2 aromatic carbocycles. The van der Waals surface area contributed by atoms with E-state index in [1.54, 1.807) is 30.5 Å². The van der Waals surface area contributed by atoms with E-state index in [9.17, 15) is 8.42 Å². The normalized spacial score (nSPS) is 11.8. The standard InChI is InChI=1S/C19H16N4O2S/c1-13-3-6-17(7-4-13)26(24,25)23-12-19(21-22-23)16-5-8-18-14(2)20-10-9-15(18)11-16/h3-12H,1-2H3. The van der Waals surface area contributed by atoms with Crippen molar-refractivity contribution in [1.29, 1.82) is 0 Å². The van der Waals surface area contributed by atoms with Gasteiger partial charge < -0.3 is 0 Å². The summed E-state index contributed by atoms with van der Waals surface area (Å²) in [5, 5.41) is 9.94. The summed E-state index contributed by atoms with van der Waals surface area (Å²) in [5.41, 5.74) is 3.23. The Morgan fingerprint density at radius 1 is 0.962 bits per heavy atom. The molecule has 0 aliphatic carbocycles. The molecule has 2 aromatic heterocycles. The van der Waals surface area contributed by atoms with Crippen LogP contribution in [0, 0.1) is 13.8 Å². The monoisotopic (exact) mass is 364 g/mol. The Labute approximate surface area is 151 Å². The highest BCUT2D eigenvalue weighted by Crippen LogP contribution is 2.24. The molecule has 0 bridgehead atoms. The van der Waals surface area contributed by atoms with Gasteiger partial charge in [-0.15, -0.1) is 9.19 Å². The number of aromatic nitrogens is 4. The van der Waals surface area contributed by atoms with E-state index in [2.05, 4.69) is 15.3 Å². The van der Waals surface area contributed by atoms with Crippen LogP contribution in [-0.2, 0) is 10.0 Å². The van der Waals surface area contributed by atoms with Crippen LogP contribution in [0.2, 0.25) is 0 Å². The van der Waals surface area contributed by atoms with E-state index in [4.69, 9.17) is 0 Å². The maximum absolute atomic E-state index is 12.7. The first kappa shape index (κ1) is 16.4. The molecule has 0 aliphatic heterocycles. The summed E-state index contributed by atoms with van der Waals surface area (Å²) >= 11 is 0. The highest BCUT2D eigenvalue weighted by atomic mass is 32.2. The molecule has 0 aliphatic rings. The second-order valence-corrected chi connectivity index (χ2v) is 7.92. The third-order valence-electron chi connectivity index (χ3n) is 4.30. The fraction of sp³-hybridized carbons (Fsp3) is 0.105. The molecule has 0 spiro atoms. The van der Waals surface area contributed by atoms with E-state index >= 15 is 0 Å². The van der Waals surface area contributed by atoms with Gasteiger partial charge in [0, 0.05) is 22.8 Å². The molecule has 4 aromatic rings. The molecule has 0 saturated heterocycles. The van der Waals surface area contributed by atoms with Crippen molar-refractivity contribution in [3.05, 3.63) is 72.2 Å². The molecule has 2 heterocycles. The Balaban J connectivity index is 1.75. The van der Waals surface area contributed by atoms with Crippen molar-refractivity contribution in [2.24, 2.45) is 0 Å². The summed E-state index contributed by atoms with van der Waals surface area (Å²) < 4.78 is 26.3. The molecular weight excluding hydrogens is 348 g/mol. The van der Waals surface area contributed by atoms with E-state index in [-0.39, 0.29) is 4.90 Å². The summed E-state index contributed by atoms with van der Waals surface area (Å²) in [6, 6.07) is 14.4. The predicted molar refractivity (Wildman–Crippen MR) is 99.3 cm³/mol. The first-order valence-electron chi connectivity index (χ1n) is 8.05. The van der Waals surface area contributed by atoms with Gasteiger partial charge in [-0.3, -0.25) is 4.98 Å². The minimum absolute atomic E-state index is 0.180. The first-order chi connectivity index (χ1) is 12.4. The molecule has 0 amide bonds. The smallest absolute Gasteiger partial charge is 0.261 e. The van der Waals surface area contributed by atoms with E-state index < -0.39 is 10.0 Å². The maximum atomic E-state index is 12.7. The zero-order chi connectivity index (χ0) is 18.3. The van der Waals surface area contributed by atoms with Gasteiger partial charge in [0.05, 0.1) is 11.1 Å². The summed E-state index contributed by atoms with van der Waals surface area (Å²) in [7, 11) is -3.76. The average Bonchev–Trinajstić information content (AvgIpc) is 3.13. The Kier molecular flexibility index (Phi) is 3.81. The van der Waals surface area contributed by atoms with E-state index in [0.29, 0.717) is 5.69 Å². The van der Waals surface area contributed by atoms with Crippen LogP contribution in [-0.4, -0.2) is 27.8 Å². The average molecular weight is 364 g/mol. The third-order valence-corrected chi connectivity index (χ3v) is 5.84. The first-order valence-corrected chi connectivity index (χ1v) is 9.49. The summed E-state index contributed by atoms with van der Waals surface area (Å²) in [4.78, 5) is 4.45. The van der Waals surface area contributed by atoms with Crippen molar-refractivity contribution < 1.29 is 8.42 Å². The topological polar surface area (TPSA) is 77.7 Å². The number of fused-ring (bicyclic) bond motifs is 1. The Hall–Kier alpha value is -3.06. The number of rotatable bonds is 3. The van der Waals surface area contributed by atoms with Crippen molar-refractivity contribution in [3.8, 4) is 11.3 Å². The van der Waals surface area contributed by atoms with E-state index in [0.717, 1.165) is 31.7 Å². The van der Waals surface area contributed by atoms with Gasteiger partial charge >= 0.3 is 0 Å². The van der Waals surface area contributed by atoms with Crippen LogP contribution in [0.1, 0.15) is 11.3 Å². The van der Waals surface area contributed by atoms with E-state index in [1.165, 1.54) is 6.20 Å². The number of hydrogen-bond acceptors (Lipinski definition) is 5. The van der Waals surface area contributed by atoms with Crippen LogP contribution in [0.15, 0.2) is 65.8 Å². The van der Waals surface area contributed by atoms with Crippen molar-refractivity contribution >= 4 is 20.8 Å². The SMILES string of the molecule is Cc1ccc(S(=O)(=O)n2cc(-c3ccc4c(C)nccc4c3)nn2)cc1. The molecule has 0 atom stereocenters. The lowest BCUT2D eigenvalue weighted by molar-refractivity contribution is 0.577. The summed E-state index contributed by atoms with van der Waals surface area (Å²) in [6.45, 7) is 3.85. The van der Waals surface area contributed by atoms with Gasteiger partial charge in [-0.05, 0) is 43.5 Å². The number of nitrogens with zero attached hydrogens (tertiary/aromatic N) is 4. The summed E-state index contributed by atoms with van der Waals surface area (Å²) in [6.07, 6.45) is 3.19. The largest absolute Gasteiger partial charge is 0.284 e. The van der Waals surface area contributed by atoms with Crippen LogP contribution >= 0.6 is 0 Å². The fourth-order valence-electron chi connectivity index (χ4n) is 2.80. The van der Waals surface area contributed by atoms with Crippen molar-refractivity contribution in [3.63, 3.8) is 0 Å². The molecule has 7 heteroatoms. The van der Waals surface area contributed by atoms with Crippen molar-refractivity contribution in [2.75, 3.05) is 0 Å². The second kappa shape index (κ2) is 6.03. The van der Waals surface area contributed by atoms with Crippen LogP contribution in [0.3, 0.4) is 0 Å². The number of hydrogen-bond donors (Lipinski definition) is 0. The minimum Gasteiger partial charge on any atom is -0.261 e. The minimum atomic E-state index is -3.76. The van der Waals surface area contributed by atoms with Crippen molar-refractivity contribution in [1.82, 2.24) is 19.4 Å². The van der Waals surface area contributed by atoms with Crippen LogP contribution < -0.4 is 0 Å². The van der Waals surface area contributed by atoms with E-state index in [1.807, 2.05) is 38.1 Å². The highest BCUT2D eigenvalue weighted by molar-refractivity contribution is 7.89. The molecule has 130 valence electrons. The molecule has 0 unspecified atom stereocenters. The Morgan fingerprint density at radius 2 is 1.73 bits per heavy atom. The molecule has 6 nitrogen and oxygen atoms in total. The van der Waals surface area contributed by atoms with Crippen LogP contribution in [0.5, 0.6) is 0 Å². The highest BCUT2D eigenvalue weighted by Gasteiger charge is 2.19. The maximum Gasteiger partial charge on any atom is 0.284 e. The lowest BCUT2D eigenvalue weighted by Gasteiger charge is -2.04. The van der Waals surface area contributed by atoms with Gasteiger partial charge in [0.1, 0.15) is 5.69 Å². The zero-order valence-corrected chi connectivity index (χ0v) is 15.1. The fourth-order valence-corrected chi connectivity index (χ4v) is 3.87. The van der Waals surface area contributed by atoms with Crippen LogP contribution in [0.25, 0.3) is 22.0 Å². The van der Waals surface area contributed by atoms with Gasteiger partial charge in [0.15, 0.2) is 0 Å². The van der Waals surface area contributed by atoms with Crippen molar-refractivity contribution in [2.45, 2.75) is 18.7 Å². The van der Waals surface area contributed by atoms with Gasteiger partial charge in [0.25, 0.3) is 10.0 Å². The predicted octanol–water partition coefficient (Wildman–Crippen LogP) is 3.35. The van der Waals surface area contributed by atoms with Gasteiger partial charge in [-0.1, -0.05) is 35.0 Å². The lowest BCUT2D eigenvalue weighted by atomic mass is 10.1. The zero-order valence-electron chi connectivity index (χ0n) is 14.3. The molecular formula is C19H16N4O2S. The van der Waals surface area contributed by atoms with Gasteiger partial charge in [-0.25, -0.2) is 0 Å². The molecule has 0 radical (unpaired) electrons. The molecule has 0 saturated carbocycles. The lowest BCUT2D eigenvalue weighted by Crippen LogP contribution is -2.13. The molecule has 0 fully saturated rings. The number of benzene rings is 2. The third kappa shape index (κ3) is 2.76. The number of aryl methyl sites for hydroxylation is 2. The number of pyridine rings is 1. The van der Waals surface area contributed by atoms with Gasteiger partial charge in [-0.2, -0.15) is 8.42 Å². The quantitative estimate of drug-likeness (QED) is 0.557. The molecule has 4 rings (SSSR count).